The van der Waals surface area contributed by atoms with Crippen molar-refractivity contribution in [1.29, 1.82) is 0 Å². The first-order chi connectivity index (χ1) is 7.61. The number of nitrogens with zero attached hydrogens (tertiary/aromatic N) is 1. The summed E-state index contributed by atoms with van der Waals surface area (Å²) in [4.78, 5) is 14.1. The molecule has 3 nitrogen and oxygen atoms in total. The summed E-state index contributed by atoms with van der Waals surface area (Å²) in [5.74, 6) is 0.943. The maximum Gasteiger partial charge on any atom is 0.177 e. The summed E-state index contributed by atoms with van der Waals surface area (Å²) in [6.45, 7) is 5.59. The molecule has 0 atom stereocenters. The highest BCUT2D eigenvalue weighted by molar-refractivity contribution is 6.00. The largest absolute Gasteiger partial charge is 0.497 e. The van der Waals surface area contributed by atoms with Gasteiger partial charge in [0.05, 0.1) is 13.7 Å². The van der Waals surface area contributed by atoms with Gasteiger partial charge in [-0.05, 0) is 31.5 Å². The minimum atomic E-state index is 0.189. The molecule has 0 saturated heterocycles. The van der Waals surface area contributed by atoms with E-state index in [1.54, 1.807) is 7.11 Å². The Morgan fingerprint density at radius 3 is 2.69 bits per heavy atom. The van der Waals surface area contributed by atoms with Crippen LogP contribution >= 0.6 is 0 Å². The molecule has 0 bridgehead atoms. The zero-order valence-corrected chi connectivity index (χ0v) is 9.99. The minimum Gasteiger partial charge on any atom is -0.497 e. The van der Waals surface area contributed by atoms with Crippen LogP contribution in [0.1, 0.15) is 29.8 Å². The third-order valence-electron chi connectivity index (χ3n) is 3.07. The molecule has 1 aliphatic heterocycles. The van der Waals surface area contributed by atoms with Gasteiger partial charge in [-0.1, -0.05) is 6.07 Å². The van der Waals surface area contributed by atoms with Crippen molar-refractivity contribution in [2.24, 2.45) is 0 Å². The number of hydrogen-bond acceptors (Lipinski definition) is 3. The topological polar surface area (TPSA) is 29.5 Å². The van der Waals surface area contributed by atoms with Crippen LogP contribution in [-0.4, -0.2) is 30.4 Å². The molecule has 0 N–H and O–H groups in total. The average molecular weight is 219 g/mol. The van der Waals surface area contributed by atoms with Gasteiger partial charge in [0, 0.05) is 18.2 Å². The Kier molecular flexibility index (Phi) is 2.97. The Balaban J connectivity index is 2.34. The number of carbonyl (C=O) groups is 1. The van der Waals surface area contributed by atoms with Gasteiger partial charge in [-0.2, -0.15) is 0 Å². The Morgan fingerprint density at radius 2 is 2.06 bits per heavy atom. The van der Waals surface area contributed by atoms with E-state index in [4.69, 9.17) is 4.74 Å². The molecule has 1 aromatic carbocycles. The molecule has 0 unspecified atom stereocenters. The van der Waals surface area contributed by atoms with Crippen LogP contribution in [-0.2, 0) is 6.54 Å². The summed E-state index contributed by atoms with van der Waals surface area (Å²) in [5, 5.41) is 0. The van der Waals surface area contributed by atoms with Gasteiger partial charge in [-0.15, -0.1) is 0 Å². The van der Waals surface area contributed by atoms with Crippen molar-refractivity contribution in [3.8, 4) is 5.75 Å². The Hall–Kier alpha value is -1.35. The van der Waals surface area contributed by atoms with Crippen molar-refractivity contribution in [1.82, 2.24) is 4.90 Å². The Labute approximate surface area is 96.0 Å². The normalized spacial score (nSPS) is 16.4. The number of carbonyl (C=O) groups excluding carboxylic acids is 1. The van der Waals surface area contributed by atoms with Crippen LogP contribution in [0, 0.1) is 0 Å². The number of Topliss-reactive ketones (excluding diaryl/α,β-unsaturated/α-hetero) is 1. The van der Waals surface area contributed by atoms with E-state index in [0.29, 0.717) is 12.6 Å². The van der Waals surface area contributed by atoms with Crippen LogP contribution in [0.4, 0.5) is 0 Å². The second-order valence-corrected chi connectivity index (χ2v) is 4.44. The lowest BCUT2D eigenvalue weighted by molar-refractivity contribution is 0.0867. The highest BCUT2D eigenvalue weighted by Gasteiger charge is 2.24. The fourth-order valence-corrected chi connectivity index (χ4v) is 1.99. The SMILES string of the molecule is COc1ccc2c(c1)C(=O)CN(C(C)C)C2. The van der Waals surface area contributed by atoms with Gasteiger partial charge in [0.2, 0.25) is 0 Å². The predicted molar refractivity (Wildman–Crippen MR) is 62.9 cm³/mol. The van der Waals surface area contributed by atoms with Crippen molar-refractivity contribution in [2.45, 2.75) is 26.4 Å². The van der Waals surface area contributed by atoms with Gasteiger partial charge in [0.15, 0.2) is 5.78 Å². The van der Waals surface area contributed by atoms with Gasteiger partial charge in [-0.3, -0.25) is 9.69 Å². The quantitative estimate of drug-likeness (QED) is 0.763. The van der Waals surface area contributed by atoms with E-state index in [-0.39, 0.29) is 5.78 Å². The molecule has 0 saturated carbocycles. The molecule has 16 heavy (non-hydrogen) atoms. The summed E-state index contributed by atoms with van der Waals surface area (Å²) in [6.07, 6.45) is 0. The maximum absolute atomic E-state index is 12.0. The number of fused-ring (bicyclic) bond motifs is 1. The minimum absolute atomic E-state index is 0.189. The van der Waals surface area contributed by atoms with Crippen molar-refractivity contribution in [3.63, 3.8) is 0 Å². The smallest absolute Gasteiger partial charge is 0.177 e. The van der Waals surface area contributed by atoms with Crippen molar-refractivity contribution >= 4 is 5.78 Å². The average Bonchev–Trinajstić information content (AvgIpc) is 2.28. The van der Waals surface area contributed by atoms with Crippen LogP contribution in [0.15, 0.2) is 18.2 Å². The molecule has 0 radical (unpaired) electrons. The van der Waals surface area contributed by atoms with E-state index in [9.17, 15) is 4.79 Å². The summed E-state index contributed by atoms with van der Waals surface area (Å²) in [7, 11) is 1.62. The Morgan fingerprint density at radius 1 is 1.31 bits per heavy atom. The van der Waals surface area contributed by atoms with Gasteiger partial charge in [-0.25, -0.2) is 0 Å². The molecule has 86 valence electrons. The molecule has 1 aromatic rings. The molecule has 0 aliphatic carbocycles. The summed E-state index contributed by atoms with van der Waals surface area (Å²) >= 11 is 0. The van der Waals surface area contributed by atoms with Gasteiger partial charge in [0.1, 0.15) is 5.75 Å². The highest BCUT2D eigenvalue weighted by Crippen LogP contribution is 2.24. The van der Waals surface area contributed by atoms with E-state index >= 15 is 0 Å². The first-order valence-corrected chi connectivity index (χ1v) is 5.56. The fourth-order valence-electron chi connectivity index (χ4n) is 1.99. The molecule has 1 aliphatic rings. The van der Waals surface area contributed by atoms with E-state index in [1.807, 2.05) is 18.2 Å². The lowest BCUT2D eigenvalue weighted by Crippen LogP contribution is -2.39. The number of rotatable bonds is 2. The molecule has 3 heteroatoms. The second kappa shape index (κ2) is 4.26. The van der Waals surface area contributed by atoms with Gasteiger partial charge >= 0.3 is 0 Å². The van der Waals surface area contributed by atoms with Crippen LogP contribution in [0.2, 0.25) is 0 Å². The van der Waals surface area contributed by atoms with Crippen LogP contribution < -0.4 is 4.74 Å². The van der Waals surface area contributed by atoms with E-state index in [0.717, 1.165) is 23.4 Å². The molecular weight excluding hydrogens is 202 g/mol. The van der Waals surface area contributed by atoms with Crippen molar-refractivity contribution in [3.05, 3.63) is 29.3 Å². The standard InChI is InChI=1S/C13H17NO2/c1-9(2)14-7-10-4-5-11(16-3)6-12(10)13(15)8-14/h4-6,9H,7-8H2,1-3H3. The zero-order valence-electron chi connectivity index (χ0n) is 9.99. The fraction of sp³-hybridized carbons (Fsp3) is 0.462. The lowest BCUT2D eigenvalue weighted by atomic mass is 9.97. The van der Waals surface area contributed by atoms with Crippen LogP contribution in [0.5, 0.6) is 5.75 Å². The lowest BCUT2D eigenvalue weighted by Gasteiger charge is -2.30. The summed E-state index contributed by atoms with van der Waals surface area (Å²) in [5.41, 5.74) is 1.92. The number of hydrogen-bond donors (Lipinski definition) is 0. The maximum atomic E-state index is 12.0. The number of ether oxygens (including phenoxy) is 1. The van der Waals surface area contributed by atoms with Gasteiger partial charge in [0.25, 0.3) is 0 Å². The first kappa shape index (κ1) is 11.1. The third-order valence-corrected chi connectivity index (χ3v) is 3.07. The molecule has 1 heterocycles. The van der Waals surface area contributed by atoms with Crippen LogP contribution in [0.3, 0.4) is 0 Å². The number of methoxy groups -OCH3 is 1. The predicted octanol–water partition coefficient (Wildman–Crippen LogP) is 2.10. The highest BCUT2D eigenvalue weighted by atomic mass is 16.5. The molecule has 0 amide bonds. The molecule has 0 spiro atoms. The number of ketones is 1. The first-order valence-electron chi connectivity index (χ1n) is 5.56. The monoisotopic (exact) mass is 219 g/mol. The van der Waals surface area contributed by atoms with Crippen molar-refractivity contribution in [2.75, 3.05) is 13.7 Å². The van der Waals surface area contributed by atoms with E-state index in [2.05, 4.69) is 18.7 Å². The number of benzene rings is 1. The van der Waals surface area contributed by atoms with E-state index in [1.165, 1.54) is 0 Å². The summed E-state index contributed by atoms with van der Waals surface area (Å²) in [6, 6.07) is 6.14. The third kappa shape index (κ3) is 1.95. The van der Waals surface area contributed by atoms with Crippen LogP contribution in [0.25, 0.3) is 0 Å². The molecule has 2 rings (SSSR count). The van der Waals surface area contributed by atoms with Gasteiger partial charge < -0.3 is 4.74 Å². The molecular formula is C13H17NO2. The molecule has 0 fully saturated rings. The summed E-state index contributed by atoms with van der Waals surface area (Å²) < 4.78 is 5.14. The molecule has 0 aromatic heterocycles. The van der Waals surface area contributed by atoms with Crippen molar-refractivity contribution < 1.29 is 9.53 Å². The zero-order chi connectivity index (χ0) is 11.7. The second-order valence-electron chi connectivity index (χ2n) is 4.44. The Bertz CT molecular complexity index is 412. The van der Waals surface area contributed by atoms with E-state index < -0.39 is 0 Å².